The van der Waals surface area contributed by atoms with Gasteiger partial charge in [-0.05, 0) is 66.5 Å². The number of aromatic nitrogens is 1. The molecular formula is C18H24IN3O. The summed E-state index contributed by atoms with van der Waals surface area (Å²) < 4.78 is 9.31. The van der Waals surface area contributed by atoms with Crippen molar-refractivity contribution in [2.45, 2.75) is 37.8 Å². The number of anilines is 1. The van der Waals surface area contributed by atoms with Crippen molar-refractivity contribution in [3.05, 3.63) is 28.0 Å². The third-order valence-corrected chi connectivity index (χ3v) is 6.29. The Bertz CT molecular complexity index is 685. The van der Waals surface area contributed by atoms with Crippen LogP contribution in [0.3, 0.4) is 0 Å². The van der Waals surface area contributed by atoms with E-state index in [1.807, 2.05) is 6.07 Å². The molecule has 1 saturated heterocycles. The van der Waals surface area contributed by atoms with Gasteiger partial charge in [0, 0.05) is 36.2 Å². The molecule has 4 rings (SSSR count). The number of nitrogens with two attached hydrogens (primary N) is 1. The van der Waals surface area contributed by atoms with Gasteiger partial charge in [0.05, 0.1) is 22.4 Å². The number of fused-ring (bicyclic) bond motifs is 1. The van der Waals surface area contributed by atoms with Crippen LogP contribution in [0.5, 0.6) is 0 Å². The lowest BCUT2D eigenvalue weighted by atomic mass is 9.89. The van der Waals surface area contributed by atoms with Crippen LogP contribution in [0.2, 0.25) is 0 Å². The Morgan fingerprint density at radius 3 is 2.48 bits per heavy atom. The third-order valence-electron chi connectivity index (χ3n) is 5.46. The lowest BCUT2D eigenvalue weighted by molar-refractivity contribution is 0.00552. The lowest BCUT2D eigenvalue weighted by Gasteiger charge is -2.39. The van der Waals surface area contributed by atoms with Crippen molar-refractivity contribution in [2.24, 2.45) is 0 Å². The van der Waals surface area contributed by atoms with Crippen molar-refractivity contribution in [1.29, 1.82) is 0 Å². The molecule has 2 fully saturated rings. The van der Waals surface area contributed by atoms with E-state index in [4.69, 9.17) is 10.5 Å². The molecule has 124 valence electrons. The van der Waals surface area contributed by atoms with Gasteiger partial charge in [0.15, 0.2) is 0 Å². The van der Waals surface area contributed by atoms with E-state index in [-0.39, 0.29) is 0 Å². The molecule has 2 heterocycles. The Morgan fingerprint density at radius 1 is 1.04 bits per heavy atom. The second-order valence-electron chi connectivity index (χ2n) is 6.73. The summed E-state index contributed by atoms with van der Waals surface area (Å²) in [6.45, 7) is 4.02. The maximum absolute atomic E-state index is 6.15. The fraction of sp³-hybridized carbons (Fsp3) is 0.556. The Balaban J connectivity index is 1.52. The van der Waals surface area contributed by atoms with E-state index >= 15 is 0 Å². The molecule has 2 aromatic rings. The van der Waals surface area contributed by atoms with Crippen molar-refractivity contribution in [2.75, 3.05) is 32.0 Å². The summed E-state index contributed by atoms with van der Waals surface area (Å²) in [5.41, 5.74) is 8.34. The number of nitrogens with zero attached hydrogens (tertiary/aromatic N) is 2. The van der Waals surface area contributed by atoms with Crippen LogP contribution in [-0.4, -0.2) is 41.8 Å². The molecule has 0 bridgehead atoms. The van der Waals surface area contributed by atoms with E-state index in [1.54, 1.807) is 0 Å². The number of hydrogen-bond donors (Lipinski definition) is 1. The summed E-state index contributed by atoms with van der Waals surface area (Å²) in [5, 5.41) is 1.20. The Labute approximate surface area is 151 Å². The molecule has 0 radical (unpaired) electrons. The minimum Gasteiger partial charge on any atom is -0.398 e. The normalized spacial score (nSPS) is 26.7. The van der Waals surface area contributed by atoms with Crippen LogP contribution in [0.1, 0.15) is 31.7 Å². The average Bonchev–Trinajstić information content (AvgIpc) is 2.93. The minimum atomic E-state index is 0.610. The van der Waals surface area contributed by atoms with Gasteiger partial charge in [-0.3, -0.25) is 4.90 Å². The summed E-state index contributed by atoms with van der Waals surface area (Å²) in [5.74, 6) is 0. The molecule has 0 atom stereocenters. The van der Waals surface area contributed by atoms with Gasteiger partial charge >= 0.3 is 0 Å². The first-order chi connectivity index (χ1) is 11.2. The number of nitrogen functional groups attached to an aromatic ring is 1. The summed E-state index contributed by atoms with van der Waals surface area (Å²) in [6, 6.07) is 9.88. The number of ether oxygens (including phenoxy) is 1. The highest BCUT2D eigenvalue weighted by molar-refractivity contribution is 14.1. The average molecular weight is 425 g/mol. The monoisotopic (exact) mass is 425 g/mol. The first-order valence-electron chi connectivity index (χ1n) is 8.61. The molecule has 0 amide bonds. The van der Waals surface area contributed by atoms with Gasteiger partial charge < -0.3 is 15.0 Å². The predicted octanol–water partition coefficient (Wildman–Crippen LogP) is 3.64. The van der Waals surface area contributed by atoms with Crippen LogP contribution in [-0.2, 0) is 4.74 Å². The number of benzene rings is 1. The fourth-order valence-corrected chi connectivity index (χ4v) is 5.20. The Hall–Kier alpha value is -0.790. The van der Waals surface area contributed by atoms with E-state index in [2.05, 4.69) is 50.3 Å². The van der Waals surface area contributed by atoms with Crippen LogP contribution in [0.4, 0.5) is 5.69 Å². The smallest absolute Gasteiger partial charge is 0.0812 e. The van der Waals surface area contributed by atoms with E-state index in [9.17, 15) is 0 Å². The van der Waals surface area contributed by atoms with E-state index in [1.165, 1.54) is 40.3 Å². The van der Waals surface area contributed by atoms with Crippen molar-refractivity contribution >= 4 is 39.2 Å². The summed E-state index contributed by atoms with van der Waals surface area (Å²) in [7, 11) is 0. The van der Waals surface area contributed by atoms with E-state index < -0.39 is 0 Å². The molecular weight excluding hydrogens is 401 g/mol. The zero-order chi connectivity index (χ0) is 15.8. The Morgan fingerprint density at radius 2 is 1.74 bits per heavy atom. The second-order valence-corrected chi connectivity index (χ2v) is 7.83. The van der Waals surface area contributed by atoms with Gasteiger partial charge in [-0.2, -0.15) is 0 Å². The molecule has 5 heteroatoms. The second kappa shape index (κ2) is 6.61. The quantitative estimate of drug-likeness (QED) is 0.590. The minimum absolute atomic E-state index is 0.610. The SMILES string of the molecule is Nc1cccc2c1cc(I)n2C1CCC(N2CCOCC2)CC1. The molecule has 23 heavy (non-hydrogen) atoms. The topological polar surface area (TPSA) is 43.4 Å². The van der Waals surface area contributed by atoms with Crippen molar-refractivity contribution in [1.82, 2.24) is 9.47 Å². The van der Waals surface area contributed by atoms with E-state index in [0.29, 0.717) is 6.04 Å². The molecule has 0 unspecified atom stereocenters. The molecule has 1 aromatic carbocycles. The highest BCUT2D eigenvalue weighted by atomic mass is 127. The fourth-order valence-electron chi connectivity index (χ4n) is 4.24. The predicted molar refractivity (Wildman–Crippen MR) is 103 cm³/mol. The number of rotatable bonds is 2. The molecule has 2 N–H and O–H groups in total. The lowest BCUT2D eigenvalue weighted by Crippen LogP contribution is -2.45. The van der Waals surface area contributed by atoms with Gasteiger partial charge in [0.1, 0.15) is 0 Å². The van der Waals surface area contributed by atoms with Gasteiger partial charge in [-0.15, -0.1) is 0 Å². The van der Waals surface area contributed by atoms with Crippen LogP contribution in [0.15, 0.2) is 24.3 Å². The molecule has 1 aliphatic carbocycles. The first kappa shape index (κ1) is 15.7. The maximum Gasteiger partial charge on any atom is 0.0812 e. The number of halogens is 1. The molecule has 1 aliphatic heterocycles. The van der Waals surface area contributed by atoms with Crippen LogP contribution < -0.4 is 5.73 Å². The van der Waals surface area contributed by atoms with Crippen LogP contribution >= 0.6 is 22.6 Å². The highest BCUT2D eigenvalue weighted by Gasteiger charge is 2.28. The maximum atomic E-state index is 6.15. The van der Waals surface area contributed by atoms with Crippen molar-refractivity contribution in [3.8, 4) is 0 Å². The third kappa shape index (κ3) is 2.98. The summed E-state index contributed by atoms with van der Waals surface area (Å²) in [4.78, 5) is 2.64. The zero-order valence-corrected chi connectivity index (χ0v) is 15.5. The number of morpholine rings is 1. The summed E-state index contributed by atoms with van der Waals surface area (Å²) >= 11 is 2.46. The van der Waals surface area contributed by atoms with Gasteiger partial charge in [-0.25, -0.2) is 0 Å². The largest absolute Gasteiger partial charge is 0.398 e. The van der Waals surface area contributed by atoms with Crippen molar-refractivity contribution < 1.29 is 4.74 Å². The molecule has 0 spiro atoms. The van der Waals surface area contributed by atoms with Crippen molar-refractivity contribution in [3.63, 3.8) is 0 Å². The standard InChI is InChI=1S/C18H24IN3O/c19-18-12-15-16(20)2-1-3-17(15)22(18)14-6-4-13(5-7-14)21-8-10-23-11-9-21/h1-3,12-14H,4-11,20H2. The van der Waals surface area contributed by atoms with Gasteiger partial charge in [-0.1, -0.05) is 6.07 Å². The number of hydrogen-bond acceptors (Lipinski definition) is 3. The molecule has 1 aromatic heterocycles. The molecule has 1 saturated carbocycles. The van der Waals surface area contributed by atoms with Crippen LogP contribution in [0.25, 0.3) is 10.9 Å². The van der Waals surface area contributed by atoms with Crippen LogP contribution in [0, 0.1) is 3.70 Å². The zero-order valence-electron chi connectivity index (χ0n) is 13.4. The summed E-state index contributed by atoms with van der Waals surface area (Å²) in [6.07, 6.45) is 5.11. The first-order valence-corrected chi connectivity index (χ1v) is 9.68. The molecule has 4 nitrogen and oxygen atoms in total. The highest BCUT2D eigenvalue weighted by Crippen LogP contribution is 2.37. The van der Waals surface area contributed by atoms with E-state index in [0.717, 1.165) is 38.0 Å². The Kier molecular flexibility index (Phi) is 4.52. The van der Waals surface area contributed by atoms with Gasteiger partial charge in [0.25, 0.3) is 0 Å². The van der Waals surface area contributed by atoms with Gasteiger partial charge in [0.2, 0.25) is 0 Å². The molecule has 2 aliphatic rings.